The van der Waals surface area contributed by atoms with Gasteiger partial charge in [-0.05, 0) is 72.3 Å². The monoisotopic (exact) mass is 506 g/mol. The van der Waals surface area contributed by atoms with Crippen molar-refractivity contribution in [3.05, 3.63) is 117 Å². The van der Waals surface area contributed by atoms with E-state index in [9.17, 15) is 26.3 Å². The molecule has 0 N–H and O–H groups in total. The van der Waals surface area contributed by atoms with Gasteiger partial charge in [0.25, 0.3) is 0 Å². The third kappa shape index (κ3) is 5.98. The lowest BCUT2D eigenvalue weighted by Crippen LogP contribution is -1.95. The molecule has 0 aromatic heterocycles. The molecule has 0 aliphatic carbocycles. The predicted molar refractivity (Wildman–Crippen MR) is 132 cm³/mol. The van der Waals surface area contributed by atoms with Gasteiger partial charge in [0.15, 0.2) is 17.5 Å². The standard InChI is InChI=1S/C31H20F6/c1-2-3-4-5-21-16-27(33)25(28(34)17-21)13-9-20-7-11-22(26(32)15-20)10-6-19-8-12-24-23(14-19)18-29(35)31(37)30(24)36/h7-8,11-12,14-18H,2-5H2,1H3. The molecule has 4 rings (SSSR count). The van der Waals surface area contributed by atoms with Crippen LogP contribution in [0.2, 0.25) is 0 Å². The third-order valence-corrected chi connectivity index (χ3v) is 5.79. The molecule has 0 saturated carbocycles. The minimum Gasteiger partial charge on any atom is -0.206 e. The number of hydrogen-bond acceptors (Lipinski definition) is 0. The van der Waals surface area contributed by atoms with Crippen molar-refractivity contribution in [2.75, 3.05) is 0 Å². The third-order valence-electron chi connectivity index (χ3n) is 5.79. The maximum absolute atomic E-state index is 14.6. The SMILES string of the molecule is CCCCCc1cc(F)c(C#Cc2ccc(C#Cc3ccc4c(F)c(F)c(F)cc4c3)c(F)c2)c(F)c1. The Hall–Kier alpha value is -4.16. The maximum Gasteiger partial charge on any atom is 0.195 e. The van der Waals surface area contributed by atoms with E-state index in [1.54, 1.807) is 0 Å². The van der Waals surface area contributed by atoms with Gasteiger partial charge in [-0.2, -0.15) is 0 Å². The van der Waals surface area contributed by atoms with E-state index in [-0.39, 0.29) is 27.5 Å². The fourth-order valence-electron chi connectivity index (χ4n) is 3.82. The Morgan fingerprint density at radius 3 is 1.97 bits per heavy atom. The average Bonchev–Trinajstić information content (AvgIpc) is 2.86. The Morgan fingerprint density at radius 1 is 0.595 bits per heavy atom. The van der Waals surface area contributed by atoms with Gasteiger partial charge in [0.1, 0.15) is 17.5 Å². The van der Waals surface area contributed by atoms with Crippen LogP contribution in [0.3, 0.4) is 0 Å². The fourth-order valence-corrected chi connectivity index (χ4v) is 3.82. The van der Waals surface area contributed by atoms with E-state index >= 15 is 0 Å². The van der Waals surface area contributed by atoms with Crippen LogP contribution in [0.4, 0.5) is 26.3 Å². The number of benzene rings is 4. The van der Waals surface area contributed by atoms with Crippen molar-refractivity contribution >= 4 is 10.8 Å². The van der Waals surface area contributed by atoms with Gasteiger partial charge in [-0.25, -0.2) is 26.3 Å². The fraction of sp³-hybridized carbons (Fsp3) is 0.161. The Balaban J connectivity index is 1.54. The minimum absolute atomic E-state index is 0.0240. The molecule has 0 spiro atoms. The van der Waals surface area contributed by atoms with Crippen molar-refractivity contribution in [2.45, 2.75) is 32.6 Å². The zero-order valence-corrected chi connectivity index (χ0v) is 19.8. The summed E-state index contributed by atoms with van der Waals surface area (Å²) in [4.78, 5) is 0. The van der Waals surface area contributed by atoms with Crippen LogP contribution in [0.5, 0.6) is 0 Å². The lowest BCUT2D eigenvalue weighted by molar-refractivity contribution is 0.453. The molecule has 0 aliphatic rings. The van der Waals surface area contributed by atoms with E-state index in [1.807, 2.05) is 6.92 Å². The van der Waals surface area contributed by atoms with Crippen molar-refractivity contribution in [3.8, 4) is 23.7 Å². The number of aryl methyl sites for hydroxylation is 1. The predicted octanol–water partition coefficient (Wildman–Crippen LogP) is 8.21. The van der Waals surface area contributed by atoms with E-state index in [1.165, 1.54) is 42.5 Å². The highest BCUT2D eigenvalue weighted by Crippen LogP contribution is 2.24. The van der Waals surface area contributed by atoms with Crippen LogP contribution in [0, 0.1) is 58.6 Å². The van der Waals surface area contributed by atoms with Crippen molar-refractivity contribution in [1.82, 2.24) is 0 Å². The summed E-state index contributed by atoms with van der Waals surface area (Å²) in [5.74, 6) is 3.94. The van der Waals surface area contributed by atoms with E-state index in [2.05, 4.69) is 23.7 Å². The molecule has 0 saturated heterocycles. The van der Waals surface area contributed by atoms with Gasteiger partial charge in [0.2, 0.25) is 0 Å². The molecule has 6 heteroatoms. The van der Waals surface area contributed by atoms with Crippen LogP contribution in [-0.2, 0) is 6.42 Å². The summed E-state index contributed by atoms with van der Waals surface area (Å²) in [5.41, 5.74) is 0.748. The Labute approximate surface area is 211 Å². The maximum atomic E-state index is 14.6. The number of rotatable bonds is 4. The van der Waals surface area contributed by atoms with Crippen LogP contribution in [0.25, 0.3) is 10.8 Å². The van der Waals surface area contributed by atoms with Gasteiger partial charge in [0, 0.05) is 16.5 Å². The first-order valence-electron chi connectivity index (χ1n) is 11.7. The lowest BCUT2D eigenvalue weighted by Gasteiger charge is -2.04. The van der Waals surface area contributed by atoms with Crippen LogP contribution < -0.4 is 0 Å². The van der Waals surface area contributed by atoms with Crippen LogP contribution in [-0.4, -0.2) is 0 Å². The smallest absolute Gasteiger partial charge is 0.195 e. The summed E-state index contributed by atoms with van der Waals surface area (Å²) < 4.78 is 84.2. The summed E-state index contributed by atoms with van der Waals surface area (Å²) in [6.07, 6.45) is 3.39. The zero-order valence-electron chi connectivity index (χ0n) is 19.8. The Kier molecular flexibility index (Phi) is 7.89. The highest BCUT2D eigenvalue weighted by atomic mass is 19.2. The normalized spacial score (nSPS) is 10.6. The quantitative estimate of drug-likeness (QED) is 0.113. The second-order valence-electron chi connectivity index (χ2n) is 8.51. The molecule has 0 amide bonds. The van der Waals surface area contributed by atoms with Crippen molar-refractivity contribution in [1.29, 1.82) is 0 Å². The molecule has 4 aromatic rings. The molecule has 0 radical (unpaired) electrons. The zero-order chi connectivity index (χ0) is 26.5. The van der Waals surface area contributed by atoms with Crippen LogP contribution in [0.1, 0.15) is 54.0 Å². The van der Waals surface area contributed by atoms with Crippen molar-refractivity contribution in [2.24, 2.45) is 0 Å². The van der Waals surface area contributed by atoms with Gasteiger partial charge in [0.05, 0.1) is 11.1 Å². The topological polar surface area (TPSA) is 0 Å². The van der Waals surface area contributed by atoms with Gasteiger partial charge < -0.3 is 0 Å². The molecule has 0 atom stereocenters. The Morgan fingerprint density at radius 2 is 1.27 bits per heavy atom. The van der Waals surface area contributed by atoms with Crippen LogP contribution >= 0.6 is 0 Å². The van der Waals surface area contributed by atoms with Gasteiger partial charge in [-0.1, -0.05) is 49.5 Å². The second kappa shape index (κ2) is 11.3. The molecule has 0 fully saturated rings. The van der Waals surface area contributed by atoms with E-state index in [0.717, 1.165) is 31.4 Å². The van der Waals surface area contributed by atoms with Crippen molar-refractivity contribution < 1.29 is 26.3 Å². The Bertz CT molecular complexity index is 1590. The van der Waals surface area contributed by atoms with Crippen molar-refractivity contribution in [3.63, 3.8) is 0 Å². The summed E-state index contributed by atoms with van der Waals surface area (Å²) >= 11 is 0. The molecule has 4 aromatic carbocycles. The van der Waals surface area contributed by atoms with Gasteiger partial charge in [-0.15, -0.1) is 0 Å². The molecule has 0 heterocycles. The lowest BCUT2D eigenvalue weighted by atomic mass is 10.0. The number of halogens is 6. The molecule has 0 bridgehead atoms. The average molecular weight is 506 g/mol. The molecular weight excluding hydrogens is 486 g/mol. The second-order valence-corrected chi connectivity index (χ2v) is 8.51. The summed E-state index contributed by atoms with van der Waals surface area (Å²) in [6.45, 7) is 2.04. The first kappa shape index (κ1) is 25.9. The number of unbranched alkanes of at least 4 members (excludes halogenated alkanes) is 2. The van der Waals surface area contributed by atoms with Gasteiger partial charge in [-0.3, -0.25) is 0 Å². The first-order chi connectivity index (χ1) is 17.8. The summed E-state index contributed by atoms with van der Waals surface area (Å²) in [7, 11) is 0. The molecular formula is C31H20F6. The largest absolute Gasteiger partial charge is 0.206 e. The minimum atomic E-state index is -1.55. The number of hydrogen-bond donors (Lipinski definition) is 0. The van der Waals surface area contributed by atoms with E-state index in [0.29, 0.717) is 17.5 Å². The number of fused-ring (bicyclic) bond motifs is 1. The summed E-state index contributed by atoms with van der Waals surface area (Å²) in [6, 6.07) is 11.4. The van der Waals surface area contributed by atoms with E-state index in [4.69, 9.17) is 0 Å². The first-order valence-corrected chi connectivity index (χ1v) is 11.7. The highest BCUT2D eigenvalue weighted by molar-refractivity contribution is 5.84. The molecule has 186 valence electrons. The summed E-state index contributed by atoms with van der Waals surface area (Å²) in [5, 5.41) is 0.0142. The van der Waals surface area contributed by atoms with E-state index < -0.39 is 34.9 Å². The highest BCUT2D eigenvalue weighted by Gasteiger charge is 2.13. The molecule has 37 heavy (non-hydrogen) atoms. The van der Waals surface area contributed by atoms with Crippen LogP contribution in [0.15, 0.2) is 54.6 Å². The molecule has 0 aliphatic heterocycles. The molecule has 0 nitrogen and oxygen atoms in total. The van der Waals surface area contributed by atoms with Gasteiger partial charge >= 0.3 is 0 Å². The molecule has 0 unspecified atom stereocenters.